The second-order valence-electron chi connectivity index (χ2n) is 3.72. The van der Waals surface area contributed by atoms with E-state index in [0.717, 1.165) is 43.6 Å². The zero-order valence-corrected chi connectivity index (χ0v) is 11.2. The average Bonchev–Trinajstić information content (AvgIpc) is 2.43. The van der Waals surface area contributed by atoms with Gasteiger partial charge in [-0.3, -0.25) is 0 Å². The molecule has 0 unspecified atom stereocenters. The van der Waals surface area contributed by atoms with Crippen molar-refractivity contribution in [2.75, 3.05) is 0 Å². The summed E-state index contributed by atoms with van der Waals surface area (Å²) in [5, 5.41) is 16.6. The Labute approximate surface area is 117 Å². The van der Waals surface area contributed by atoms with Crippen LogP contribution in [0.2, 0.25) is 0 Å². The molecule has 6 heteroatoms. The maximum atomic E-state index is 11.3. The lowest BCUT2D eigenvalue weighted by molar-refractivity contribution is -0.182. The van der Waals surface area contributed by atoms with Gasteiger partial charge in [0, 0.05) is 30.7 Å². The van der Waals surface area contributed by atoms with E-state index < -0.39 is 18.2 Å². The standard InChI is InChI=1S/C14H16N2O4/c1-2-3-4-9-14(19-12(17)7-5-10-15)20-13(18)8-6-11-16/h5-8,14H,2-4,9H2,1H3. The Balaban J connectivity index is 4.48. The molecule has 0 saturated carbocycles. The number of ether oxygens (including phenoxy) is 2. The average molecular weight is 276 g/mol. The van der Waals surface area contributed by atoms with Gasteiger partial charge in [-0.1, -0.05) is 19.8 Å². The van der Waals surface area contributed by atoms with Gasteiger partial charge in [0.15, 0.2) is 0 Å². The number of unbranched alkanes of at least 4 members (excludes halogenated alkanes) is 2. The molecule has 0 aliphatic heterocycles. The van der Waals surface area contributed by atoms with Gasteiger partial charge in [0.25, 0.3) is 0 Å². The number of hydrogen-bond acceptors (Lipinski definition) is 6. The first-order chi connectivity index (χ1) is 9.63. The van der Waals surface area contributed by atoms with Gasteiger partial charge in [0.1, 0.15) is 0 Å². The maximum absolute atomic E-state index is 11.3. The number of nitriles is 2. The molecule has 0 atom stereocenters. The molecule has 6 nitrogen and oxygen atoms in total. The summed E-state index contributed by atoms with van der Waals surface area (Å²) in [5.74, 6) is -1.52. The molecule has 0 bridgehead atoms. The van der Waals surface area contributed by atoms with Crippen molar-refractivity contribution in [1.29, 1.82) is 10.5 Å². The van der Waals surface area contributed by atoms with Crippen molar-refractivity contribution in [2.24, 2.45) is 0 Å². The van der Waals surface area contributed by atoms with Crippen LogP contribution >= 0.6 is 0 Å². The molecule has 0 aromatic carbocycles. The fourth-order valence-electron chi connectivity index (χ4n) is 1.25. The quantitative estimate of drug-likeness (QED) is 0.221. The van der Waals surface area contributed by atoms with E-state index in [1.807, 2.05) is 6.92 Å². The molecule has 0 aromatic heterocycles. The van der Waals surface area contributed by atoms with Gasteiger partial charge in [-0.15, -0.1) is 0 Å². The fraction of sp³-hybridized carbons (Fsp3) is 0.429. The summed E-state index contributed by atoms with van der Waals surface area (Å²) in [6.45, 7) is 2.01. The molecule has 0 spiro atoms. The Kier molecular flexibility index (Phi) is 9.99. The zero-order chi connectivity index (χ0) is 15.2. The van der Waals surface area contributed by atoms with Crippen LogP contribution in [0.25, 0.3) is 0 Å². The van der Waals surface area contributed by atoms with E-state index in [1.54, 1.807) is 12.1 Å². The van der Waals surface area contributed by atoms with Crippen LogP contribution < -0.4 is 0 Å². The molecular formula is C14H16N2O4. The van der Waals surface area contributed by atoms with E-state index >= 15 is 0 Å². The molecule has 20 heavy (non-hydrogen) atoms. The van der Waals surface area contributed by atoms with Crippen molar-refractivity contribution in [3.63, 3.8) is 0 Å². The molecule has 0 heterocycles. The molecule has 0 aromatic rings. The number of allylic oxidation sites excluding steroid dienone is 2. The van der Waals surface area contributed by atoms with Crippen LogP contribution in [-0.4, -0.2) is 18.2 Å². The molecular weight excluding hydrogens is 260 g/mol. The Morgan fingerprint density at radius 2 is 1.55 bits per heavy atom. The Hall–Kier alpha value is -2.60. The highest BCUT2D eigenvalue weighted by atomic mass is 16.7. The first-order valence-electron chi connectivity index (χ1n) is 6.17. The van der Waals surface area contributed by atoms with E-state index in [0.29, 0.717) is 6.42 Å². The Bertz CT molecular complexity index is 417. The Morgan fingerprint density at radius 3 is 1.95 bits per heavy atom. The van der Waals surface area contributed by atoms with E-state index in [9.17, 15) is 9.59 Å². The predicted molar refractivity (Wildman–Crippen MR) is 69.6 cm³/mol. The third-order valence-corrected chi connectivity index (χ3v) is 2.13. The van der Waals surface area contributed by atoms with Crippen molar-refractivity contribution in [3.8, 4) is 12.1 Å². The molecule has 106 valence electrons. The minimum Gasteiger partial charge on any atom is -0.422 e. The summed E-state index contributed by atoms with van der Waals surface area (Å²) in [6, 6.07) is 3.31. The second-order valence-corrected chi connectivity index (χ2v) is 3.72. The highest BCUT2D eigenvalue weighted by Crippen LogP contribution is 2.09. The van der Waals surface area contributed by atoms with Crippen LogP contribution in [0, 0.1) is 22.7 Å². The van der Waals surface area contributed by atoms with Gasteiger partial charge in [0.05, 0.1) is 12.1 Å². The van der Waals surface area contributed by atoms with Crippen molar-refractivity contribution < 1.29 is 19.1 Å². The fourth-order valence-corrected chi connectivity index (χ4v) is 1.25. The summed E-state index contributed by atoms with van der Waals surface area (Å²) in [4.78, 5) is 22.6. The van der Waals surface area contributed by atoms with Crippen LogP contribution in [0.15, 0.2) is 24.3 Å². The Morgan fingerprint density at radius 1 is 1.05 bits per heavy atom. The summed E-state index contributed by atoms with van der Waals surface area (Å²) >= 11 is 0. The maximum Gasteiger partial charge on any atom is 0.334 e. The number of nitrogens with zero attached hydrogens (tertiary/aromatic N) is 2. The smallest absolute Gasteiger partial charge is 0.334 e. The lowest BCUT2D eigenvalue weighted by Gasteiger charge is -2.16. The van der Waals surface area contributed by atoms with Crippen LogP contribution in [0.5, 0.6) is 0 Å². The van der Waals surface area contributed by atoms with Gasteiger partial charge in [-0.25, -0.2) is 9.59 Å². The minimum atomic E-state index is -1.02. The van der Waals surface area contributed by atoms with Gasteiger partial charge in [0.2, 0.25) is 6.29 Å². The normalized spacial score (nSPS) is 11.8. The SMILES string of the molecule is CCCCCC(OC(=O)C=CC#N)OC(=O)C=CC#N. The van der Waals surface area contributed by atoms with Gasteiger partial charge in [-0.05, 0) is 6.42 Å². The summed E-state index contributed by atoms with van der Waals surface area (Å²) in [5.41, 5.74) is 0. The van der Waals surface area contributed by atoms with E-state index in [4.69, 9.17) is 20.0 Å². The molecule has 0 aliphatic carbocycles. The molecule has 0 aliphatic rings. The number of carbonyl (C=O) groups excluding carboxylic acids is 2. The van der Waals surface area contributed by atoms with Crippen molar-refractivity contribution in [1.82, 2.24) is 0 Å². The molecule has 0 saturated heterocycles. The topological polar surface area (TPSA) is 100 Å². The minimum absolute atomic E-state index is 0.367. The second kappa shape index (κ2) is 11.5. The third-order valence-electron chi connectivity index (χ3n) is 2.13. The van der Waals surface area contributed by atoms with Crippen LogP contribution in [-0.2, 0) is 19.1 Å². The number of esters is 2. The highest BCUT2D eigenvalue weighted by molar-refractivity contribution is 5.84. The van der Waals surface area contributed by atoms with Gasteiger partial charge < -0.3 is 9.47 Å². The molecule has 0 rings (SSSR count). The number of rotatable bonds is 8. The van der Waals surface area contributed by atoms with E-state index in [-0.39, 0.29) is 0 Å². The van der Waals surface area contributed by atoms with Gasteiger partial charge in [-0.2, -0.15) is 10.5 Å². The van der Waals surface area contributed by atoms with Crippen molar-refractivity contribution >= 4 is 11.9 Å². The zero-order valence-electron chi connectivity index (χ0n) is 11.2. The first kappa shape index (κ1) is 17.4. The predicted octanol–water partition coefficient (Wildman–Crippen LogP) is 2.14. The van der Waals surface area contributed by atoms with Crippen molar-refractivity contribution in [2.45, 2.75) is 38.9 Å². The molecule has 0 amide bonds. The molecule has 0 radical (unpaired) electrons. The molecule has 0 fully saturated rings. The van der Waals surface area contributed by atoms with E-state index in [1.165, 1.54) is 0 Å². The van der Waals surface area contributed by atoms with Crippen molar-refractivity contribution in [3.05, 3.63) is 24.3 Å². The lowest BCUT2D eigenvalue weighted by Crippen LogP contribution is -2.23. The monoisotopic (exact) mass is 276 g/mol. The lowest BCUT2D eigenvalue weighted by atomic mass is 10.2. The largest absolute Gasteiger partial charge is 0.422 e. The van der Waals surface area contributed by atoms with E-state index in [2.05, 4.69) is 0 Å². The van der Waals surface area contributed by atoms with Crippen LogP contribution in [0.3, 0.4) is 0 Å². The van der Waals surface area contributed by atoms with Gasteiger partial charge >= 0.3 is 11.9 Å². The summed E-state index contributed by atoms with van der Waals surface area (Å²) < 4.78 is 9.83. The number of hydrogen-bond donors (Lipinski definition) is 0. The summed E-state index contributed by atoms with van der Waals surface area (Å²) in [6.07, 6.45) is 5.81. The first-order valence-corrected chi connectivity index (χ1v) is 6.17. The number of carbonyl (C=O) groups is 2. The third kappa shape index (κ3) is 9.43. The molecule has 0 N–H and O–H groups in total. The van der Waals surface area contributed by atoms with Crippen LogP contribution in [0.1, 0.15) is 32.6 Å². The van der Waals surface area contributed by atoms with Crippen LogP contribution in [0.4, 0.5) is 0 Å². The summed E-state index contributed by atoms with van der Waals surface area (Å²) in [7, 11) is 0. The highest BCUT2D eigenvalue weighted by Gasteiger charge is 2.16.